The molecule has 0 saturated heterocycles. The van der Waals surface area contributed by atoms with Crippen LogP contribution in [0.4, 0.5) is 4.39 Å². The summed E-state index contributed by atoms with van der Waals surface area (Å²) < 4.78 is 19.5. The van der Waals surface area contributed by atoms with Crippen molar-refractivity contribution in [3.63, 3.8) is 0 Å². The van der Waals surface area contributed by atoms with Crippen molar-refractivity contribution in [3.8, 4) is 0 Å². The number of hydrogen-bond acceptors (Lipinski definition) is 2. The molecule has 0 aliphatic heterocycles. The summed E-state index contributed by atoms with van der Waals surface area (Å²) in [5, 5.41) is 0.973. The summed E-state index contributed by atoms with van der Waals surface area (Å²) in [6, 6.07) is 13.8. The molecule has 0 radical (unpaired) electrons. The zero-order valence-electron chi connectivity index (χ0n) is 10.6. The van der Waals surface area contributed by atoms with Crippen molar-refractivity contribution in [1.82, 2.24) is 0 Å². The van der Waals surface area contributed by atoms with Gasteiger partial charge in [-0.1, -0.05) is 35.9 Å². The number of nitrogens with two attached hydrogens (primary N) is 1. The van der Waals surface area contributed by atoms with Gasteiger partial charge in [-0.2, -0.15) is 0 Å². The van der Waals surface area contributed by atoms with Crippen LogP contribution in [0.2, 0.25) is 0 Å². The topological polar surface area (TPSA) is 39.2 Å². The number of aryl methyl sites for hydroxylation is 1. The lowest BCUT2D eigenvalue weighted by molar-refractivity contribution is 0.510. The lowest BCUT2D eigenvalue weighted by Crippen LogP contribution is -2.13. The quantitative estimate of drug-likeness (QED) is 0.753. The highest BCUT2D eigenvalue weighted by Crippen LogP contribution is 2.28. The lowest BCUT2D eigenvalue weighted by Gasteiger charge is -2.11. The van der Waals surface area contributed by atoms with Gasteiger partial charge in [-0.3, -0.25) is 0 Å². The molecule has 3 aromatic rings. The van der Waals surface area contributed by atoms with Crippen LogP contribution in [0.3, 0.4) is 0 Å². The average Bonchev–Trinajstić information content (AvgIpc) is 2.84. The van der Waals surface area contributed by atoms with Crippen molar-refractivity contribution in [2.45, 2.75) is 13.0 Å². The summed E-state index contributed by atoms with van der Waals surface area (Å²) in [5.41, 5.74) is 8.31. The van der Waals surface area contributed by atoms with Gasteiger partial charge in [-0.05, 0) is 25.1 Å². The summed E-state index contributed by atoms with van der Waals surface area (Å²) in [4.78, 5) is 0. The minimum atomic E-state index is -0.590. The molecule has 3 heteroatoms. The van der Waals surface area contributed by atoms with E-state index in [1.165, 1.54) is 6.07 Å². The van der Waals surface area contributed by atoms with E-state index in [4.69, 9.17) is 10.2 Å². The maximum absolute atomic E-state index is 13.8. The molecule has 1 atom stereocenters. The molecule has 0 aliphatic rings. The molecule has 0 bridgehead atoms. The van der Waals surface area contributed by atoms with E-state index in [0.717, 1.165) is 16.5 Å². The van der Waals surface area contributed by atoms with Crippen molar-refractivity contribution in [1.29, 1.82) is 0 Å². The van der Waals surface area contributed by atoms with Gasteiger partial charge >= 0.3 is 0 Å². The van der Waals surface area contributed by atoms with Crippen LogP contribution in [0.5, 0.6) is 0 Å². The van der Waals surface area contributed by atoms with Gasteiger partial charge in [0.2, 0.25) is 0 Å². The standard InChI is InChI=1S/C16H14FNO/c1-10-6-7-13(17)12(8-10)16(18)15-9-11-4-2-3-5-14(11)19-15/h2-9,16H,18H2,1H3. The van der Waals surface area contributed by atoms with Gasteiger partial charge in [0.05, 0.1) is 6.04 Å². The Labute approximate surface area is 110 Å². The number of fused-ring (bicyclic) bond motifs is 1. The van der Waals surface area contributed by atoms with E-state index in [1.54, 1.807) is 12.1 Å². The first-order chi connectivity index (χ1) is 9.15. The summed E-state index contributed by atoms with van der Waals surface area (Å²) in [7, 11) is 0. The van der Waals surface area contributed by atoms with Crippen LogP contribution in [-0.2, 0) is 0 Å². The number of para-hydroxylation sites is 1. The van der Waals surface area contributed by atoms with E-state index in [1.807, 2.05) is 37.3 Å². The molecule has 0 saturated carbocycles. The predicted octanol–water partition coefficient (Wildman–Crippen LogP) is 3.93. The molecule has 0 spiro atoms. The Kier molecular flexibility index (Phi) is 2.84. The van der Waals surface area contributed by atoms with E-state index in [0.29, 0.717) is 11.3 Å². The highest BCUT2D eigenvalue weighted by atomic mass is 19.1. The molecule has 0 aliphatic carbocycles. The van der Waals surface area contributed by atoms with Gasteiger partial charge in [0.1, 0.15) is 17.2 Å². The minimum Gasteiger partial charge on any atom is -0.459 e. The molecule has 1 aromatic heterocycles. The average molecular weight is 255 g/mol. The smallest absolute Gasteiger partial charge is 0.134 e. The summed E-state index contributed by atoms with van der Waals surface area (Å²) in [6.45, 7) is 1.91. The van der Waals surface area contributed by atoms with Crippen molar-refractivity contribution < 1.29 is 8.81 Å². The van der Waals surface area contributed by atoms with Gasteiger partial charge in [0, 0.05) is 10.9 Å². The normalized spacial score (nSPS) is 12.8. The SMILES string of the molecule is Cc1ccc(F)c(C(N)c2cc3ccccc3o2)c1. The molecule has 1 heterocycles. The molecule has 96 valence electrons. The van der Waals surface area contributed by atoms with Crippen LogP contribution in [0.1, 0.15) is 22.9 Å². The van der Waals surface area contributed by atoms with Crippen LogP contribution in [0.15, 0.2) is 52.9 Å². The second-order valence-electron chi connectivity index (χ2n) is 4.69. The Morgan fingerprint density at radius 3 is 2.68 bits per heavy atom. The third kappa shape index (κ3) is 2.13. The van der Waals surface area contributed by atoms with Crippen LogP contribution in [0.25, 0.3) is 11.0 Å². The van der Waals surface area contributed by atoms with Crippen LogP contribution < -0.4 is 5.73 Å². The van der Waals surface area contributed by atoms with Crippen LogP contribution in [0, 0.1) is 12.7 Å². The Bertz CT molecular complexity index is 699. The number of benzene rings is 2. The molecule has 19 heavy (non-hydrogen) atoms. The molecule has 0 amide bonds. The van der Waals surface area contributed by atoms with Gasteiger partial charge in [-0.25, -0.2) is 4.39 Å². The molecule has 0 fully saturated rings. The number of halogens is 1. The zero-order valence-corrected chi connectivity index (χ0v) is 10.6. The monoisotopic (exact) mass is 255 g/mol. The Balaban J connectivity index is 2.07. The van der Waals surface area contributed by atoms with E-state index < -0.39 is 6.04 Å². The molecule has 1 unspecified atom stereocenters. The van der Waals surface area contributed by atoms with E-state index in [2.05, 4.69) is 0 Å². The van der Waals surface area contributed by atoms with E-state index >= 15 is 0 Å². The summed E-state index contributed by atoms with van der Waals surface area (Å²) in [5.74, 6) is 0.268. The van der Waals surface area contributed by atoms with Gasteiger partial charge in [-0.15, -0.1) is 0 Å². The number of furan rings is 1. The fourth-order valence-corrected chi connectivity index (χ4v) is 2.21. The Hall–Kier alpha value is -2.13. The Morgan fingerprint density at radius 1 is 1.11 bits per heavy atom. The highest BCUT2D eigenvalue weighted by Gasteiger charge is 2.17. The second-order valence-corrected chi connectivity index (χ2v) is 4.69. The van der Waals surface area contributed by atoms with Crippen molar-refractivity contribution in [2.75, 3.05) is 0 Å². The maximum Gasteiger partial charge on any atom is 0.134 e. The van der Waals surface area contributed by atoms with Gasteiger partial charge in [0.15, 0.2) is 0 Å². The zero-order chi connectivity index (χ0) is 13.4. The highest BCUT2D eigenvalue weighted by molar-refractivity contribution is 5.77. The largest absolute Gasteiger partial charge is 0.459 e. The van der Waals surface area contributed by atoms with Crippen molar-refractivity contribution in [3.05, 3.63) is 71.2 Å². The van der Waals surface area contributed by atoms with E-state index in [-0.39, 0.29) is 5.82 Å². The van der Waals surface area contributed by atoms with Crippen LogP contribution >= 0.6 is 0 Å². The first-order valence-corrected chi connectivity index (χ1v) is 6.15. The third-order valence-electron chi connectivity index (χ3n) is 3.24. The lowest BCUT2D eigenvalue weighted by atomic mass is 10.0. The summed E-state index contributed by atoms with van der Waals surface area (Å²) in [6.07, 6.45) is 0. The summed E-state index contributed by atoms with van der Waals surface area (Å²) >= 11 is 0. The molecule has 3 rings (SSSR count). The molecule has 2 nitrogen and oxygen atoms in total. The minimum absolute atomic E-state index is 0.307. The van der Waals surface area contributed by atoms with E-state index in [9.17, 15) is 4.39 Å². The second kappa shape index (κ2) is 4.52. The van der Waals surface area contributed by atoms with Crippen molar-refractivity contribution >= 4 is 11.0 Å². The molecule has 2 aromatic carbocycles. The van der Waals surface area contributed by atoms with Crippen LogP contribution in [-0.4, -0.2) is 0 Å². The van der Waals surface area contributed by atoms with Crippen molar-refractivity contribution in [2.24, 2.45) is 5.73 Å². The molecular weight excluding hydrogens is 241 g/mol. The van der Waals surface area contributed by atoms with Gasteiger partial charge in [0.25, 0.3) is 0 Å². The predicted molar refractivity (Wildman–Crippen MR) is 73.4 cm³/mol. The Morgan fingerprint density at radius 2 is 1.89 bits per heavy atom. The fraction of sp³-hybridized carbons (Fsp3) is 0.125. The molecular formula is C16H14FNO. The fourth-order valence-electron chi connectivity index (χ4n) is 2.21. The molecule has 2 N–H and O–H groups in total. The first-order valence-electron chi connectivity index (χ1n) is 6.15. The number of rotatable bonds is 2. The number of hydrogen-bond donors (Lipinski definition) is 1. The van der Waals surface area contributed by atoms with Gasteiger partial charge < -0.3 is 10.2 Å². The first kappa shape index (κ1) is 11.9. The third-order valence-corrected chi connectivity index (χ3v) is 3.24. The maximum atomic E-state index is 13.8.